The minimum absolute atomic E-state index is 0.00636. The lowest BCUT2D eigenvalue weighted by atomic mass is 9.95. The molecule has 1 fully saturated rings. The highest BCUT2D eigenvalue weighted by molar-refractivity contribution is 9.10. The second kappa shape index (κ2) is 7.25. The van der Waals surface area contributed by atoms with Gasteiger partial charge in [-0.15, -0.1) is 5.10 Å². The van der Waals surface area contributed by atoms with E-state index >= 15 is 0 Å². The standard InChI is InChI=1S/C23H19BrN4O2/c24-18-9-7-17(8-10-18)23(11-12-23)21(29)25-19-5-3-4-16(14-19)15-28-22(30)27-13-2-1-6-20(27)26-28/h1-10,13-14H,11-12,15H2,(H,25,29). The van der Waals surface area contributed by atoms with Crippen molar-refractivity contribution < 1.29 is 4.79 Å². The maximum Gasteiger partial charge on any atom is 0.350 e. The van der Waals surface area contributed by atoms with Crippen LogP contribution in [0.3, 0.4) is 0 Å². The number of carbonyl (C=O) groups is 1. The van der Waals surface area contributed by atoms with Crippen molar-refractivity contribution in [1.29, 1.82) is 0 Å². The van der Waals surface area contributed by atoms with E-state index in [1.165, 1.54) is 9.08 Å². The quantitative estimate of drug-likeness (QED) is 0.487. The Morgan fingerprint density at radius 2 is 1.87 bits per heavy atom. The van der Waals surface area contributed by atoms with Gasteiger partial charge >= 0.3 is 5.69 Å². The highest BCUT2D eigenvalue weighted by atomic mass is 79.9. The van der Waals surface area contributed by atoms with Crippen LogP contribution in [0.2, 0.25) is 0 Å². The van der Waals surface area contributed by atoms with Crippen LogP contribution in [0, 0.1) is 0 Å². The van der Waals surface area contributed by atoms with Gasteiger partial charge in [-0.1, -0.05) is 46.3 Å². The van der Waals surface area contributed by atoms with E-state index in [1.807, 2.05) is 54.6 Å². The molecule has 1 amide bonds. The van der Waals surface area contributed by atoms with Crippen molar-refractivity contribution in [3.05, 3.63) is 99.0 Å². The van der Waals surface area contributed by atoms with Gasteiger partial charge in [-0.05, 0) is 60.4 Å². The third-order valence-electron chi connectivity index (χ3n) is 5.59. The van der Waals surface area contributed by atoms with E-state index in [-0.39, 0.29) is 11.6 Å². The summed E-state index contributed by atoms with van der Waals surface area (Å²) in [6.45, 7) is 0.335. The molecule has 6 nitrogen and oxygen atoms in total. The summed E-state index contributed by atoms with van der Waals surface area (Å²) in [5.41, 5.74) is 2.62. The lowest BCUT2D eigenvalue weighted by Gasteiger charge is -2.16. The number of fused-ring (bicyclic) bond motifs is 1. The average Bonchev–Trinajstić information content (AvgIpc) is 3.50. The average molecular weight is 463 g/mol. The topological polar surface area (TPSA) is 68.4 Å². The van der Waals surface area contributed by atoms with Crippen molar-refractivity contribution in [3.63, 3.8) is 0 Å². The Morgan fingerprint density at radius 1 is 1.07 bits per heavy atom. The van der Waals surface area contributed by atoms with E-state index in [4.69, 9.17) is 0 Å². The van der Waals surface area contributed by atoms with Gasteiger partial charge in [-0.3, -0.25) is 9.20 Å². The molecule has 0 unspecified atom stereocenters. The maximum atomic E-state index is 13.0. The molecule has 0 aliphatic heterocycles. The van der Waals surface area contributed by atoms with E-state index in [1.54, 1.807) is 18.3 Å². The van der Waals surface area contributed by atoms with Crippen LogP contribution in [-0.4, -0.2) is 20.1 Å². The summed E-state index contributed by atoms with van der Waals surface area (Å²) in [7, 11) is 0. The SMILES string of the molecule is O=C(Nc1cccc(Cn2nc3ccccn3c2=O)c1)C1(c2ccc(Br)cc2)CC1. The number of aromatic nitrogens is 3. The number of halogens is 1. The summed E-state index contributed by atoms with van der Waals surface area (Å²) in [6.07, 6.45) is 3.39. The van der Waals surface area contributed by atoms with Gasteiger partial charge in [0.2, 0.25) is 5.91 Å². The number of hydrogen-bond acceptors (Lipinski definition) is 3. The summed E-state index contributed by atoms with van der Waals surface area (Å²) < 4.78 is 3.94. The first-order valence-electron chi connectivity index (χ1n) is 9.76. The summed E-state index contributed by atoms with van der Waals surface area (Å²) in [5.74, 6) is 0.00636. The smallest absolute Gasteiger partial charge is 0.325 e. The number of carbonyl (C=O) groups excluding carboxylic acids is 1. The van der Waals surface area contributed by atoms with Crippen molar-refractivity contribution in [2.45, 2.75) is 24.8 Å². The van der Waals surface area contributed by atoms with E-state index in [0.717, 1.165) is 34.1 Å². The van der Waals surface area contributed by atoms with Crippen molar-refractivity contribution in [2.75, 3.05) is 5.32 Å². The monoisotopic (exact) mass is 462 g/mol. The molecule has 0 bridgehead atoms. The molecule has 1 aliphatic rings. The predicted molar refractivity (Wildman–Crippen MR) is 119 cm³/mol. The minimum atomic E-state index is -0.449. The Bertz CT molecular complexity index is 1300. The van der Waals surface area contributed by atoms with Crippen molar-refractivity contribution >= 4 is 33.2 Å². The molecule has 1 aliphatic carbocycles. The fourth-order valence-electron chi connectivity index (χ4n) is 3.78. The fourth-order valence-corrected chi connectivity index (χ4v) is 4.05. The van der Waals surface area contributed by atoms with Gasteiger partial charge in [0.25, 0.3) is 0 Å². The van der Waals surface area contributed by atoms with Gasteiger partial charge < -0.3 is 5.32 Å². The molecule has 2 heterocycles. The van der Waals surface area contributed by atoms with Crippen LogP contribution in [0.25, 0.3) is 5.65 Å². The normalized spacial score (nSPS) is 14.6. The molecular formula is C23H19BrN4O2. The molecule has 5 rings (SSSR count). The molecule has 2 aromatic carbocycles. The zero-order valence-electron chi connectivity index (χ0n) is 16.1. The largest absolute Gasteiger partial charge is 0.350 e. The van der Waals surface area contributed by atoms with Crippen LogP contribution in [-0.2, 0) is 16.8 Å². The lowest BCUT2D eigenvalue weighted by molar-refractivity contribution is -0.118. The van der Waals surface area contributed by atoms with Gasteiger partial charge in [-0.2, -0.15) is 0 Å². The Hall–Kier alpha value is -3.19. The molecule has 30 heavy (non-hydrogen) atoms. The molecular weight excluding hydrogens is 444 g/mol. The van der Waals surface area contributed by atoms with E-state index in [2.05, 4.69) is 26.3 Å². The Kier molecular flexibility index (Phi) is 4.55. The molecule has 1 saturated carbocycles. The lowest BCUT2D eigenvalue weighted by Crippen LogP contribution is -2.27. The third kappa shape index (κ3) is 3.35. The Labute approximate surface area is 181 Å². The Morgan fingerprint density at radius 3 is 2.60 bits per heavy atom. The molecule has 4 aromatic rings. The first kappa shape index (κ1) is 18.8. The number of benzene rings is 2. The molecule has 7 heteroatoms. The maximum absolute atomic E-state index is 13.0. The molecule has 2 aromatic heterocycles. The van der Waals surface area contributed by atoms with Crippen molar-refractivity contribution in [2.24, 2.45) is 0 Å². The molecule has 150 valence electrons. The number of pyridine rings is 1. The molecule has 0 saturated heterocycles. The first-order valence-corrected chi connectivity index (χ1v) is 10.6. The highest BCUT2D eigenvalue weighted by Crippen LogP contribution is 2.49. The summed E-state index contributed by atoms with van der Waals surface area (Å²) in [4.78, 5) is 25.5. The number of nitrogens with one attached hydrogen (secondary N) is 1. The van der Waals surface area contributed by atoms with E-state index in [9.17, 15) is 9.59 Å². The second-order valence-electron chi connectivity index (χ2n) is 7.61. The number of rotatable bonds is 5. The first-order chi connectivity index (χ1) is 14.5. The number of hydrogen-bond donors (Lipinski definition) is 1. The minimum Gasteiger partial charge on any atom is -0.325 e. The van der Waals surface area contributed by atoms with E-state index < -0.39 is 5.41 Å². The van der Waals surface area contributed by atoms with Gasteiger partial charge in [0.05, 0.1) is 12.0 Å². The van der Waals surface area contributed by atoms with Crippen molar-refractivity contribution in [1.82, 2.24) is 14.2 Å². The van der Waals surface area contributed by atoms with Crippen LogP contribution in [0.1, 0.15) is 24.0 Å². The molecule has 0 spiro atoms. The Balaban J connectivity index is 1.36. The molecule has 1 N–H and O–H groups in total. The molecule has 0 atom stereocenters. The second-order valence-corrected chi connectivity index (χ2v) is 8.53. The van der Waals surface area contributed by atoms with Gasteiger partial charge in [0, 0.05) is 16.4 Å². The predicted octanol–water partition coefficient (Wildman–Crippen LogP) is 3.98. The van der Waals surface area contributed by atoms with Gasteiger partial charge in [0.15, 0.2) is 5.65 Å². The fraction of sp³-hybridized carbons (Fsp3) is 0.174. The number of amides is 1. The van der Waals surface area contributed by atoms with Crippen molar-refractivity contribution in [3.8, 4) is 0 Å². The zero-order chi connectivity index (χ0) is 20.7. The third-order valence-corrected chi connectivity index (χ3v) is 6.12. The van der Waals surface area contributed by atoms with E-state index in [0.29, 0.717) is 12.2 Å². The molecule has 0 radical (unpaired) electrons. The van der Waals surface area contributed by atoms with Crippen LogP contribution < -0.4 is 11.0 Å². The summed E-state index contributed by atoms with van der Waals surface area (Å²) >= 11 is 3.44. The number of anilines is 1. The summed E-state index contributed by atoms with van der Waals surface area (Å²) in [5, 5.41) is 7.43. The van der Waals surface area contributed by atoms with Gasteiger partial charge in [0.1, 0.15) is 0 Å². The van der Waals surface area contributed by atoms with Crippen LogP contribution in [0.5, 0.6) is 0 Å². The van der Waals surface area contributed by atoms with Crippen LogP contribution in [0.4, 0.5) is 5.69 Å². The highest BCUT2D eigenvalue weighted by Gasteiger charge is 2.51. The van der Waals surface area contributed by atoms with Gasteiger partial charge in [-0.25, -0.2) is 9.48 Å². The van der Waals surface area contributed by atoms with Crippen LogP contribution >= 0.6 is 15.9 Å². The number of nitrogens with zero attached hydrogens (tertiary/aromatic N) is 3. The summed E-state index contributed by atoms with van der Waals surface area (Å²) in [6, 6.07) is 21.0. The van der Waals surface area contributed by atoms with Crippen LogP contribution in [0.15, 0.2) is 82.2 Å². The zero-order valence-corrected chi connectivity index (χ0v) is 17.7.